The van der Waals surface area contributed by atoms with Crippen molar-refractivity contribution < 1.29 is 19.5 Å². The van der Waals surface area contributed by atoms with Crippen LogP contribution in [0.3, 0.4) is 0 Å². The number of carboxylic acids is 1. The lowest BCUT2D eigenvalue weighted by atomic mass is 9.86. The second kappa shape index (κ2) is 4.05. The summed E-state index contributed by atoms with van der Waals surface area (Å²) in [7, 11) is 0. The summed E-state index contributed by atoms with van der Waals surface area (Å²) in [5, 5.41) is 9.75. The average Bonchev–Trinajstić information content (AvgIpc) is 2.78. The Labute approximate surface area is 108 Å². The predicted octanol–water partition coefficient (Wildman–Crippen LogP) is 1.81. The number of ketones is 1. The maximum absolute atomic E-state index is 12.1. The number of carboxylic acid groups (broad SMARTS) is 1. The maximum atomic E-state index is 12.1. The third-order valence-electron chi connectivity index (χ3n) is 3.61. The van der Waals surface area contributed by atoms with Crippen molar-refractivity contribution in [2.45, 2.75) is 12.8 Å². The quantitative estimate of drug-likeness (QED) is 0.634. The predicted molar refractivity (Wildman–Crippen MR) is 67.5 cm³/mol. The van der Waals surface area contributed by atoms with Gasteiger partial charge in [0, 0.05) is 10.9 Å². The molecule has 5 nitrogen and oxygen atoms in total. The zero-order chi connectivity index (χ0) is 13.6. The molecule has 1 atom stereocenters. The van der Waals surface area contributed by atoms with Gasteiger partial charge in [0.25, 0.3) is 0 Å². The van der Waals surface area contributed by atoms with E-state index in [4.69, 9.17) is 5.11 Å². The number of carbonyl (C=O) groups is 3. The van der Waals surface area contributed by atoms with Gasteiger partial charge < -0.3 is 14.9 Å². The van der Waals surface area contributed by atoms with Gasteiger partial charge in [0.2, 0.25) is 0 Å². The van der Waals surface area contributed by atoms with Crippen molar-refractivity contribution in [1.29, 1.82) is 0 Å². The maximum Gasteiger partial charge on any atom is 0.335 e. The molecule has 19 heavy (non-hydrogen) atoms. The molecule has 1 aliphatic rings. The second-order valence-electron chi connectivity index (χ2n) is 4.69. The van der Waals surface area contributed by atoms with E-state index in [1.165, 1.54) is 6.07 Å². The zero-order valence-corrected chi connectivity index (χ0v) is 9.97. The first-order valence-electron chi connectivity index (χ1n) is 5.99. The van der Waals surface area contributed by atoms with Crippen LogP contribution in [-0.4, -0.2) is 28.1 Å². The smallest absolute Gasteiger partial charge is 0.335 e. The number of hydrogen-bond donors (Lipinski definition) is 2. The fourth-order valence-corrected chi connectivity index (χ4v) is 2.60. The van der Waals surface area contributed by atoms with E-state index in [9.17, 15) is 14.4 Å². The van der Waals surface area contributed by atoms with Crippen molar-refractivity contribution in [1.82, 2.24) is 4.98 Å². The van der Waals surface area contributed by atoms with Crippen LogP contribution in [0, 0.1) is 5.92 Å². The Balaban J connectivity index is 2.21. The number of nitrogens with one attached hydrogen (secondary N) is 1. The number of fused-ring (bicyclic) bond motifs is 3. The summed E-state index contributed by atoms with van der Waals surface area (Å²) in [6.07, 6.45) is 1.77. The molecule has 0 bridgehead atoms. The van der Waals surface area contributed by atoms with Crippen LogP contribution < -0.4 is 0 Å². The third kappa shape index (κ3) is 1.66. The average molecular weight is 257 g/mol. The second-order valence-corrected chi connectivity index (χ2v) is 4.69. The molecular weight excluding hydrogens is 246 g/mol. The lowest BCUT2D eigenvalue weighted by Gasteiger charge is -2.15. The van der Waals surface area contributed by atoms with Gasteiger partial charge in [-0.15, -0.1) is 0 Å². The lowest BCUT2D eigenvalue weighted by molar-refractivity contribution is -0.110. The first-order chi connectivity index (χ1) is 9.11. The number of benzene rings is 1. The number of aldehydes is 1. The van der Waals surface area contributed by atoms with Gasteiger partial charge in [-0.25, -0.2) is 4.79 Å². The molecule has 0 amide bonds. The van der Waals surface area contributed by atoms with Crippen molar-refractivity contribution >= 4 is 28.9 Å². The van der Waals surface area contributed by atoms with Crippen molar-refractivity contribution in [3.05, 3.63) is 35.0 Å². The molecule has 0 aliphatic heterocycles. The normalized spacial score (nSPS) is 18.3. The van der Waals surface area contributed by atoms with Crippen molar-refractivity contribution in [3.63, 3.8) is 0 Å². The van der Waals surface area contributed by atoms with Crippen LogP contribution in [-0.2, 0) is 11.2 Å². The number of aromatic amines is 1. The Kier molecular flexibility index (Phi) is 2.48. The van der Waals surface area contributed by atoms with E-state index in [1.807, 2.05) is 0 Å². The minimum absolute atomic E-state index is 0.194. The van der Waals surface area contributed by atoms with Crippen molar-refractivity contribution in [3.8, 4) is 0 Å². The van der Waals surface area contributed by atoms with Gasteiger partial charge in [0.05, 0.1) is 17.2 Å². The molecule has 1 unspecified atom stereocenters. The Bertz CT molecular complexity index is 714. The van der Waals surface area contributed by atoms with E-state index in [0.717, 1.165) is 16.5 Å². The van der Waals surface area contributed by atoms with Crippen LogP contribution in [0.25, 0.3) is 10.9 Å². The van der Waals surface area contributed by atoms with Crippen LogP contribution in [0.5, 0.6) is 0 Å². The number of rotatable bonds is 2. The van der Waals surface area contributed by atoms with Gasteiger partial charge in [-0.2, -0.15) is 0 Å². The lowest BCUT2D eigenvalue weighted by Crippen LogP contribution is -2.23. The molecule has 0 saturated heterocycles. The summed E-state index contributed by atoms with van der Waals surface area (Å²) in [5.74, 6) is -1.78. The molecule has 3 rings (SSSR count). The van der Waals surface area contributed by atoms with E-state index in [-0.39, 0.29) is 11.3 Å². The van der Waals surface area contributed by atoms with Crippen molar-refractivity contribution in [2.75, 3.05) is 0 Å². The molecule has 0 radical (unpaired) electrons. The van der Waals surface area contributed by atoms with E-state index < -0.39 is 11.9 Å². The van der Waals surface area contributed by atoms with Crippen LogP contribution in [0.4, 0.5) is 0 Å². The van der Waals surface area contributed by atoms with E-state index in [2.05, 4.69) is 4.98 Å². The number of Topliss-reactive ketones (excluding diaryl/α,β-unsaturated/α-hetero) is 1. The minimum atomic E-state index is -0.996. The molecule has 1 heterocycles. The highest BCUT2D eigenvalue weighted by atomic mass is 16.4. The SMILES string of the molecule is O=CC1CCc2c([nH]c3ccc(C(=O)O)cc23)C1=O. The summed E-state index contributed by atoms with van der Waals surface area (Å²) in [6.45, 7) is 0. The van der Waals surface area contributed by atoms with Crippen LogP contribution in [0.1, 0.15) is 32.8 Å². The summed E-state index contributed by atoms with van der Waals surface area (Å²) in [4.78, 5) is 36.9. The first-order valence-corrected chi connectivity index (χ1v) is 5.99. The largest absolute Gasteiger partial charge is 0.478 e. The van der Waals surface area contributed by atoms with Crippen LogP contribution in [0.15, 0.2) is 18.2 Å². The summed E-state index contributed by atoms with van der Waals surface area (Å²) >= 11 is 0. The molecule has 1 aliphatic carbocycles. The first kappa shape index (κ1) is 11.6. The fourth-order valence-electron chi connectivity index (χ4n) is 2.60. The number of aryl methyl sites for hydroxylation is 1. The molecule has 0 spiro atoms. The van der Waals surface area contributed by atoms with Gasteiger partial charge in [-0.1, -0.05) is 0 Å². The Morgan fingerprint density at radius 1 is 1.42 bits per heavy atom. The number of aromatic nitrogens is 1. The molecule has 5 heteroatoms. The number of carbonyl (C=O) groups excluding carboxylic acids is 2. The highest BCUT2D eigenvalue weighted by Crippen LogP contribution is 2.31. The summed E-state index contributed by atoms with van der Waals surface area (Å²) in [5.41, 5.74) is 2.19. The van der Waals surface area contributed by atoms with Gasteiger partial charge in [-0.3, -0.25) is 4.79 Å². The van der Waals surface area contributed by atoms with E-state index in [0.29, 0.717) is 24.8 Å². The summed E-state index contributed by atoms with van der Waals surface area (Å²) in [6, 6.07) is 4.72. The van der Waals surface area contributed by atoms with Gasteiger partial charge >= 0.3 is 5.97 Å². The Morgan fingerprint density at radius 2 is 2.21 bits per heavy atom. The molecule has 1 aromatic heterocycles. The monoisotopic (exact) mass is 257 g/mol. The number of H-pyrrole nitrogens is 1. The van der Waals surface area contributed by atoms with Gasteiger partial charge in [0.1, 0.15) is 6.29 Å². The van der Waals surface area contributed by atoms with Crippen LogP contribution >= 0.6 is 0 Å². The van der Waals surface area contributed by atoms with Crippen molar-refractivity contribution in [2.24, 2.45) is 5.92 Å². The van der Waals surface area contributed by atoms with Crippen LogP contribution in [0.2, 0.25) is 0 Å². The Hall–Kier alpha value is -2.43. The minimum Gasteiger partial charge on any atom is -0.478 e. The van der Waals surface area contributed by atoms with E-state index in [1.54, 1.807) is 12.1 Å². The molecule has 2 N–H and O–H groups in total. The van der Waals surface area contributed by atoms with Gasteiger partial charge in [0.15, 0.2) is 5.78 Å². The zero-order valence-electron chi connectivity index (χ0n) is 9.97. The van der Waals surface area contributed by atoms with E-state index >= 15 is 0 Å². The Morgan fingerprint density at radius 3 is 2.89 bits per heavy atom. The van der Waals surface area contributed by atoms with Gasteiger partial charge in [-0.05, 0) is 36.6 Å². The molecule has 96 valence electrons. The fraction of sp³-hybridized carbons (Fsp3) is 0.214. The molecule has 0 fully saturated rings. The number of hydrogen-bond acceptors (Lipinski definition) is 3. The highest BCUT2D eigenvalue weighted by molar-refractivity contribution is 6.10. The molecule has 2 aromatic rings. The molecular formula is C14H11NO4. The third-order valence-corrected chi connectivity index (χ3v) is 3.61. The molecule has 0 saturated carbocycles. The molecule has 1 aromatic carbocycles. The highest BCUT2D eigenvalue weighted by Gasteiger charge is 2.30. The standard InChI is InChI=1S/C14H11NO4/c16-6-8-1-3-9-10-5-7(14(18)19)2-4-11(10)15-12(9)13(8)17/h2,4-6,8,15H,1,3H2,(H,18,19). The number of aromatic carboxylic acids is 1. The summed E-state index contributed by atoms with van der Waals surface area (Å²) < 4.78 is 0. The topological polar surface area (TPSA) is 87.2 Å².